The predicted molar refractivity (Wildman–Crippen MR) is 117 cm³/mol. The highest BCUT2D eigenvalue weighted by molar-refractivity contribution is 7.13. The van der Waals surface area contributed by atoms with Crippen LogP contribution < -0.4 is 0 Å². The Kier molecular flexibility index (Phi) is 6.47. The standard InChI is InChI=1S/C23H28N4S/c1-19-24-21(17-22(25-19)23-9-5-16-28-23)10-13-26-11-6-12-27(15-14-26)18-20-7-3-2-4-8-20/h2-5,7-9,16-17H,6,10-15,18H2,1H3. The molecule has 3 heterocycles. The highest BCUT2D eigenvalue weighted by atomic mass is 32.1. The minimum absolute atomic E-state index is 0.866. The van der Waals surface area contributed by atoms with Crippen LogP contribution in [-0.4, -0.2) is 52.5 Å². The van der Waals surface area contributed by atoms with Gasteiger partial charge < -0.3 is 4.90 Å². The van der Waals surface area contributed by atoms with E-state index in [9.17, 15) is 0 Å². The summed E-state index contributed by atoms with van der Waals surface area (Å²) in [4.78, 5) is 15.7. The Morgan fingerprint density at radius 2 is 1.75 bits per heavy atom. The lowest BCUT2D eigenvalue weighted by atomic mass is 10.2. The summed E-state index contributed by atoms with van der Waals surface area (Å²) in [5.74, 6) is 0.866. The molecule has 0 aliphatic carbocycles. The molecule has 1 saturated heterocycles. The van der Waals surface area contributed by atoms with Gasteiger partial charge >= 0.3 is 0 Å². The van der Waals surface area contributed by atoms with E-state index in [1.165, 1.54) is 30.0 Å². The van der Waals surface area contributed by atoms with E-state index in [0.717, 1.165) is 49.8 Å². The van der Waals surface area contributed by atoms with Crippen molar-refractivity contribution >= 4 is 11.3 Å². The van der Waals surface area contributed by atoms with Gasteiger partial charge in [-0.2, -0.15) is 0 Å². The van der Waals surface area contributed by atoms with Crippen LogP contribution in [-0.2, 0) is 13.0 Å². The van der Waals surface area contributed by atoms with Gasteiger partial charge in [-0.25, -0.2) is 9.97 Å². The van der Waals surface area contributed by atoms with Crippen molar-refractivity contribution < 1.29 is 0 Å². The van der Waals surface area contributed by atoms with Crippen LogP contribution in [0, 0.1) is 6.92 Å². The summed E-state index contributed by atoms with van der Waals surface area (Å²) in [6.45, 7) is 8.75. The highest BCUT2D eigenvalue weighted by Gasteiger charge is 2.15. The average Bonchev–Trinajstić information content (AvgIpc) is 3.16. The van der Waals surface area contributed by atoms with Crippen LogP contribution in [0.15, 0.2) is 53.9 Å². The fourth-order valence-corrected chi connectivity index (χ4v) is 4.51. The van der Waals surface area contributed by atoms with Gasteiger partial charge in [0.15, 0.2) is 0 Å². The molecule has 5 heteroatoms. The van der Waals surface area contributed by atoms with Crippen LogP contribution in [0.2, 0.25) is 0 Å². The average molecular weight is 393 g/mol. The lowest BCUT2D eigenvalue weighted by Gasteiger charge is -2.21. The molecule has 146 valence electrons. The van der Waals surface area contributed by atoms with Gasteiger partial charge in [-0.05, 0) is 49.5 Å². The molecular formula is C23H28N4S. The summed E-state index contributed by atoms with van der Waals surface area (Å²) in [5.41, 5.74) is 3.62. The van der Waals surface area contributed by atoms with Gasteiger partial charge in [0.2, 0.25) is 0 Å². The molecule has 0 N–H and O–H groups in total. The smallest absolute Gasteiger partial charge is 0.126 e. The molecule has 1 fully saturated rings. The maximum Gasteiger partial charge on any atom is 0.126 e. The van der Waals surface area contributed by atoms with E-state index in [4.69, 9.17) is 0 Å². The first-order valence-corrected chi connectivity index (χ1v) is 11.0. The molecule has 28 heavy (non-hydrogen) atoms. The van der Waals surface area contributed by atoms with Crippen LogP contribution in [0.3, 0.4) is 0 Å². The number of aromatic nitrogens is 2. The lowest BCUT2D eigenvalue weighted by Crippen LogP contribution is -2.32. The largest absolute Gasteiger partial charge is 0.302 e. The number of thiophene rings is 1. The Labute approximate surface area is 171 Å². The Hall–Kier alpha value is -2.08. The van der Waals surface area contributed by atoms with Crippen molar-refractivity contribution in [1.82, 2.24) is 19.8 Å². The summed E-state index contributed by atoms with van der Waals surface area (Å²) in [5, 5.41) is 2.10. The molecule has 0 saturated carbocycles. The quantitative estimate of drug-likeness (QED) is 0.627. The molecule has 1 aliphatic rings. The van der Waals surface area contributed by atoms with Gasteiger partial charge in [-0.3, -0.25) is 4.90 Å². The number of benzene rings is 1. The lowest BCUT2D eigenvalue weighted by molar-refractivity contribution is 0.252. The van der Waals surface area contributed by atoms with Crippen molar-refractivity contribution in [2.75, 3.05) is 32.7 Å². The van der Waals surface area contributed by atoms with Gasteiger partial charge in [-0.1, -0.05) is 36.4 Å². The SMILES string of the molecule is Cc1nc(CCN2CCCN(Cc3ccccc3)CC2)cc(-c2cccs2)n1. The van der Waals surface area contributed by atoms with Crippen molar-refractivity contribution in [1.29, 1.82) is 0 Å². The topological polar surface area (TPSA) is 32.3 Å². The molecule has 0 bridgehead atoms. The minimum Gasteiger partial charge on any atom is -0.302 e. The van der Waals surface area contributed by atoms with Crippen LogP contribution in [0.1, 0.15) is 23.5 Å². The van der Waals surface area contributed by atoms with E-state index < -0.39 is 0 Å². The normalized spacial score (nSPS) is 16.2. The molecule has 4 rings (SSSR count). The zero-order chi connectivity index (χ0) is 19.2. The monoisotopic (exact) mass is 392 g/mol. The van der Waals surface area contributed by atoms with Crippen molar-refractivity contribution in [3.63, 3.8) is 0 Å². The van der Waals surface area contributed by atoms with Crippen molar-refractivity contribution in [3.05, 3.63) is 71.0 Å². The second-order valence-electron chi connectivity index (χ2n) is 7.48. The fraction of sp³-hybridized carbons (Fsp3) is 0.391. The van der Waals surface area contributed by atoms with Gasteiger partial charge in [0.25, 0.3) is 0 Å². The van der Waals surface area contributed by atoms with Crippen molar-refractivity contribution in [2.45, 2.75) is 26.3 Å². The summed E-state index contributed by atoms with van der Waals surface area (Å²) < 4.78 is 0. The number of hydrogen-bond acceptors (Lipinski definition) is 5. The van der Waals surface area contributed by atoms with Crippen LogP contribution in [0.5, 0.6) is 0 Å². The fourth-order valence-electron chi connectivity index (χ4n) is 3.83. The Bertz CT molecular complexity index is 864. The molecule has 3 aromatic rings. The van der Waals surface area contributed by atoms with Gasteiger partial charge in [0.1, 0.15) is 5.82 Å². The molecular weight excluding hydrogens is 364 g/mol. The third-order valence-corrected chi connectivity index (χ3v) is 6.17. The van der Waals surface area contributed by atoms with Crippen molar-refractivity contribution in [2.24, 2.45) is 0 Å². The van der Waals surface area contributed by atoms with Crippen LogP contribution in [0.4, 0.5) is 0 Å². The summed E-state index contributed by atoms with van der Waals surface area (Å²) in [6, 6.07) is 17.2. The van der Waals surface area contributed by atoms with E-state index >= 15 is 0 Å². The zero-order valence-electron chi connectivity index (χ0n) is 16.6. The molecule has 4 nitrogen and oxygen atoms in total. The second kappa shape index (κ2) is 9.41. The first-order valence-electron chi connectivity index (χ1n) is 10.1. The molecule has 1 aromatic carbocycles. The second-order valence-corrected chi connectivity index (χ2v) is 8.42. The van der Waals surface area contributed by atoms with E-state index in [0.29, 0.717) is 0 Å². The number of rotatable bonds is 6. The van der Waals surface area contributed by atoms with Gasteiger partial charge in [0.05, 0.1) is 10.6 Å². The molecule has 0 amide bonds. The maximum atomic E-state index is 4.68. The van der Waals surface area contributed by atoms with Gasteiger partial charge in [-0.15, -0.1) is 11.3 Å². The molecule has 2 aromatic heterocycles. The zero-order valence-corrected chi connectivity index (χ0v) is 17.4. The number of nitrogens with zero attached hydrogens (tertiary/aromatic N) is 4. The van der Waals surface area contributed by atoms with E-state index in [1.807, 2.05) is 6.92 Å². The number of aryl methyl sites for hydroxylation is 1. The highest BCUT2D eigenvalue weighted by Crippen LogP contribution is 2.23. The molecule has 0 unspecified atom stereocenters. The Morgan fingerprint density at radius 1 is 0.929 bits per heavy atom. The maximum absolute atomic E-state index is 4.68. The Balaban J connectivity index is 1.32. The molecule has 1 aliphatic heterocycles. The molecule has 0 radical (unpaired) electrons. The van der Waals surface area contributed by atoms with E-state index in [-0.39, 0.29) is 0 Å². The van der Waals surface area contributed by atoms with E-state index in [2.05, 4.69) is 73.7 Å². The third kappa shape index (κ3) is 5.25. The third-order valence-electron chi connectivity index (χ3n) is 5.28. The van der Waals surface area contributed by atoms with Crippen LogP contribution in [0.25, 0.3) is 10.6 Å². The summed E-state index contributed by atoms with van der Waals surface area (Å²) in [7, 11) is 0. The first-order chi connectivity index (χ1) is 13.8. The first kappa shape index (κ1) is 19.2. The number of hydrogen-bond donors (Lipinski definition) is 0. The van der Waals surface area contributed by atoms with Gasteiger partial charge in [0, 0.05) is 38.3 Å². The van der Waals surface area contributed by atoms with E-state index in [1.54, 1.807) is 11.3 Å². The van der Waals surface area contributed by atoms with Crippen LogP contribution >= 0.6 is 11.3 Å². The van der Waals surface area contributed by atoms with Crippen molar-refractivity contribution in [3.8, 4) is 10.6 Å². The molecule has 0 spiro atoms. The minimum atomic E-state index is 0.866. The Morgan fingerprint density at radius 3 is 2.57 bits per heavy atom. The predicted octanol–water partition coefficient (Wildman–Crippen LogP) is 4.26. The summed E-state index contributed by atoms with van der Waals surface area (Å²) in [6.07, 6.45) is 2.22. The summed E-state index contributed by atoms with van der Waals surface area (Å²) >= 11 is 1.74. The molecule has 0 atom stereocenters.